The Morgan fingerprint density at radius 1 is 1.10 bits per heavy atom. The topological polar surface area (TPSA) is 174 Å². The minimum absolute atomic E-state index is 0.0413. The van der Waals surface area contributed by atoms with Gasteiger partial charge in [0.2, 0.25) is 0 Å². The molecular formula is C18H17N5O6. The van der Waals surface area contributed by atoms with Gasteiger partial charge in [0.05, 0.1) is 16.5 Å². The van der Waals surface area contributed by atoms with Crippen molar-refractivity contribution in [2.24, 2.45) is 0 Å². The Kier molecular flexibility index (Phi) is 8.79. The van der Waals surface area contributed by atoms with Crippen LogP contribution in [0.25, 0.3) is 0 Å². The van der Waals surface area contributed by atoms with Gasteiger partial charge in [-0.1, -0.05) is 0 Å². The molecule has 29 heavy (non-hydrogen) atoms. The second-order valence-corrected chi connectivity index (χ2v) is 5.19. The summed E-state index contributed by atoms with van der Waals surface area (Å²) in [4.78, 5) is 30.9. The summed E-state index contributed by atoms with van der Waals surface area (Å²) in [6.45, 7) is 1.81. The fraction of sp³-hybridized carbons (Fsp3) is 0.111. The fourth-order valence-corrected chi connectivity index (χ4v) is 1.78. The van der Waals surface area contributed by atoms with E-state index in [2.05, 4.69) is 10.1 Å². The quantitative estimate of drug-likeness (QED) is 0.184. The van der Waals surface area contributed by atoms with Crippen molar-refractivity contribution in [2.45, 2.75) is 6.92 Å². The van der Waals surface area contributed by atoms with Gasteiger partial charge in [-0.25, -0.2) is 4.79 Å². The van der Waals surface area contributed by atoms with Gasteiger partial charge in [-0.15, -0.1) is 0 Å². The van der Waals surface area contributed by atoms with Crippen LogP contribution < -0.4 is 11.1 Å². The second kappa shape index (κ2) is 11.3. The van der Waals surface area contributed by atoms with Gasteiger partial charge in [0.1, 0.15) is 6.07 Å². The number of ether oxygens (including phenoxy) is 1. The van der Waals surface area contributed by atoms with Gasteiger partial charge in [0, 0.05) is 41.8 Å². The van der Waals surface area contributed by atoms with Gasteiger partial charge in [-0.3, -0.25) is 20.2 Å². The highest BCUT2D eigenvalue weighted by molar-refractivity contribution is 5.93. The Labute approximate surface area is 165 Å². The molecule has 11 heteroatoms. The van der Waals surface area contributed by atoms with Crippen LogP contribution in [-0.4, -0.2) is 22.4 Å². The van der Waals surface area contributed by atoms with Crippen molar-refractivity contribution in [2.75, 3.05) is 17.7 Å². The number of nitro benzene ring substituents is 2. The van der Waals surface area contributed by atoms with Crippen molar-refractivity contribution in [3.05, 3.63) is 80.5 Å². The standard InChI is InChI=1S/C12H11N3O4.C6H6N2O2/c1-2-19-12(16)9(7-13)8-14-10-3-5-11(6-4-10)15(17)18;7-5-1-3-6(4-2-5)8(9)10/h3-6,8,14H,2H2,1H3;1-4H,7H2. The van der Waals surface area contributed by atoms with Crippen molar-refractivity contribution >= 4 is 28.7 Å². The molecule has 0 amide bonds. The van der Waals surface area contributed by atoms with Crippen LogP contribution in [0.4, 0.5) is 22.7 Å². The lowest BCUT2D eigenvalue weighted by Crippen LogP contribution is -2.07. The summed E-state index contributed by atoms with van der Waals surface area (Å²) in [5.41, 5.74) is 6.20. The molecule has 0 heterocycles. The summed E-state index contributed by atoms with van der Waals surface area (Å²) in [5.74, 6) is -0.723. The van der Waals surface area contributed by atoms with Gasteiger partial charge in [0.25, 0.3) is 11.4 Å². The van der Waals surface area contributed by atoms with E-state index in [-0.39, 0.29) is 23.6 Å². The largest absolute Gasteiger partial charge is 0.462 e. The van der Waals surface area contributed by atoms with Crippen molar-refractivity contribution in [1.82, 2.24) is 0 Å². The zero-order valence-electron chi connectivity index (χ0n) is 15.3. The first kappa shape index (κ1) is 22.6. The van der Waals surface area contributed by atoms with Crippen molar-refractivity contribution in [3.8, 4) is 6.07 Å². The SMILES string of the molecule is CCOC(=O)C(C#N)=CNc1ccc([N+](=O)[O-])cc1.Nc1ccc([N+](=O)[O-])cc1. The Bertz CT molecular complexity index is 933. The van der Waals surface area contributed by atoms with E-state index in [9.17, 15) is 25.0 Å². The highest BCUT2D eigenvalue weighted by Gasteiger charge is 2.09. The maximum absolute atomic E-state index is 11.3. The molecule has 11 nitrogen and oxygen atoms in total. The van der Waals surface area contributed by atoms with Crippen LogP contribution >= 0.6 is 0 Å². The van der Waals surface area contributed by atoms with Crippen LogP contribution in [0.2, 0.25) is 0 Å². The third-order valence-corrected chi connectivity index (χ3v) is 3.18. The van der Waals surface area contributed by atoms with Gasteiger partial charge < -0.3 is 15.8 Å². The monoisotopic (exact) mass is 399 g/mol. The van der Waals surface area contributed by atoms with E-state index in [1.54, 1.807) is 13.0 Å². The molecule has 2 aromatic rings. The number of nitriles is 1. The summed E-state index contributed by atoms with van der Waals surface area (Å²) in [6.07, 6.45) is 1.19. The molecule has 0 radical (unpaired) electrons. The number of hydrogen-bond donors (Lipinski definition) is 2. The molecule has 0 bridgehead atoms. The number of carbonyl (C=O) groups is 1. The number of hydrogen-bond acceptors (Lipinski definition) is 9. The van der Waals surface area contributed by atoms with E-state index in [4.69, 9.17) is 11.0 Å². The number of nitrogens with one attached hydrogen (secondary N) is 1. The lowest BCUT2D eigenvalue weighted by molar-refractivity contribution is -0.385. The molecule has 150 valence electrons. The summed E-state index contributed by atoms with van der Waals surface area (Å²) in [7, 11) is 0. The van der Waals surface area contributed by atoms with E-state index in [0.717, 1.165) is 0 Å². The summed E-state index contributed by atoms with van der Waals surface area (Å²) in [6, 6.07) is 13.0. The average molecular weight is 399 g/mol. The first-order valence-electron chi connectivity index (χ1n) is 8.06. The van der Waals surface area contributed by atoms with Crippen LogP contribution in [0.5, 0.6) is 0 Å². The molecule has 0 saturated heterocycles. The number of esters is 1. The normalized spacial score (nSPS) is 10.0. The molecule has 2 rings (SSSR count). The van der Waals surface area contributed by atoms with Gasteiger partial charge >= 0.3 is 5.97 Å². The molecule has 0 aliphatic carbocycles. The first-order chi connectivity index (χ1) is 13.8. The number of nitrogen functional groups attached to an aromatic ring is 1. The number of anilines is 2. The first-order valence-corrected chi connectivity index (χ1v) is 8.06. The van der Waals surface area contributed by atoms with Crippen molar-refractivity contribution < 1.29 is 19.4 Å². The molecular weight excluding hydrogens is 382 g/mol. The van der Waals surface area contributed by atoms with Crippen molar-refractivity contribution in [3.63, 3.8) is 0 Å². The molecule has 3 N–H and O–H groups in total. The predicted molar refractivity (Wildman–Crippen MR) is 105 cm³/mol. The van der Waals surface area contributed by atoms with Crippen LogP contribution in [0, 0.1) is 31.6 Å². The Balaban J connectivity index is 0.000000352. The van der Waals surface area contributed by atoms with E-state index in [1.165, 1.54) is 54.7 Å². The summed E-state index contributed by atoms with van der Waals surface area (Å²) in [5, 5.41) is 32.0. The number of nitrogens with zero attached hydrogens (tertiary/aromatic N) is 3. The van der Waals surface area contributed by atoms with Crippen LogP contribution in [0.15, 0.2) is 60.3 Å². The Morgan fingerprint density at radius 2 is 1.59 bits per heavy atom. The number of benzene rings is 2. The number of carbonyl (C=O) groups excluding carboxylic acids is 1. The lowest BCUT2D eigenvalue weighted by Gasteiger charge is -2.02. The number of nitrogens with two attached hydrogens (primary N) is 1. The summed E-state index contributed by atoms with van der Waals surface area (Å²) < 4.78 is 4.67. The smallest absolute Gasteiger partial charge is 0.350 e. The van der Waals surface area contributed by atoms with Crippen LogP contribution in [-0.2, 0) is 9.53 Å². The van der Waals surface area contributed by atoms with E-state index in [1.807, 2.05) is 0 Å². The maximum Gasteiger partial charge on any atom is 0.350 e. The molecule has 0 spiro atoms. The van der Waals surface area contributed by atoms with E-state index >= 15 is 0 Å². The van der Waals surface area contributed by atoms with E-state index < -0.39 is 15.8 Å². The molecule has 2 aromatic carbocycles. The predicted octanol–water partition coefficient (Wildman–Crippen LogP) is 3.15. The van der Waals surface area contributed by atoms with Gasteiger partial charge in [-0.05, 0) is 31.2 Å². The molecule has 0 unspecified atom stereocenters. The lowest BCUT2D eigenvalue weighted by atomic mass is 10.2. The minimum Gasteiger partial charge on any atom is -0.462 e. The third-order valence-electron chi connectivity index (χ3n) is 3.18. The number of nitro groups is 2. The highest BCUT2D eigenvalue weighted by Crippen LogP contribution is 2.15. The Hall–Kier alpha value is -4.46. The summed E-state index contributed by atoms with van der Waals surface area (Å²) >= 11 is 0. The van der Waals surface area contributed by atoms with Gasteiger partial charge in [0.15, 0.2) is 5.57 Å². The molecule has 0 aliphatic heterocycles. The van der Waals surface area contributed by atoms with Crippen LogP contribution in [0.1, 0.15) is 6.92 Å². The molecule has 0 aliphatic rings. The average Bonchev–Trinajstić information content (AvgIpc) is 2.70. The minimum atomic E-state index is -0.723. The van der Waals surface area contributed by atoms with Crippen LogP contribution in [0.3, 0.4) is 0 Å². The zero-order chi connectivity index (χ0) is 21.8. The molecule has 0 aromatic heterocycles. The van der Waals surface area contributed by atoms with Gasteiger partial charge in [-0.2, -0.15) is 5.26 Å². The molecule has 0 atom stereocenters. The number of non-ortho nitro benzene ring substituents is 2. The van der Waals surface area contributed by atoms with Crippen molar-refractivity contribution in [1.29, 1.82) is 5.26 Å². The highest BCUT2D eigenvalue weighted by atomic mass is 16.6. The fourth-order valence-electron chi connectivity index (χ4n) is 1.78. The zero-order valence-corrected chi connectivity index (χ0v) is 15.3. The van der Waals surface area contributed by atoms with E-state index in [0.29, 0.717) is 11.4 Å². The second-order valence-electron chi connectivity index (χ2n) is 5.19. The molecule has 0 saturated carbocycles. The third kappa shape index (κ3) is 7.75. The maximum atomic E-state index is 11.3. The Morgan fingerprint density at radius 3 is 2.00 bits per heavy atom. The molecule has 0 fully saturated rings. The number of rotatable bonds is 6.